The Labute approximate surface area is 112 Å². The van der Waals surface area contributed by atoms with E-state index in [0.29, 0.717) is 0 Å². The molecular formula is C16H26N2. The van der Waals surface area contributed by atoms with E-state index in [9.17, 15) is 0 Å². The molecule has 18 heavy (non-hydrogen) atoms. The summed E-state index contributed by atoms with van der Waals surface area (Å²) in [6.45, 7) is 11.7. The molecule has 0 spiro atoms. The van der Waals surface area contributed by atoms with Crippen LogP contribution in [0.25, 0.3) is 0 Å². The van der Waals surface area contributed by atoms with Crippen molar-refractivity contribution in [1.82, 2.24) is 9.80 Å². The smallest absolute Gasteiger partial charge is 0.0237 e. The number of likely N-dealkylation sites (tertiary alicyclic amines) is 1. The third-order valence-electron chi connectivity index (χ3n) is 4.13. The predicted octanol–water partition coefficient (Wildman–Crippen LogP) is 2.84. The zero-order valence-corrected chi connectivity index (χ0v) is 12.0. The summed E-state index contributed by atoms with van der Waals surface area (Å²) in [6, 6.07) is 1.53. The van der Waals surface area contributed by atoms with Crippen molar-refractivity contribution in [3.63, 3.8) is 0 Å². The Kier molecular flexibility index (Phi) is 4.41. The Morgan fingerprint density at radius 3 is 2.33 bits per heavy atom. The number of likely N-dealkylation sites (N-methyl/N-ethyl adjacent to an activating group) is 1. The maximum atomic E-state index is 3.93. The minimum absolute atomic E-state index is 0.766. The summed E-state index contributed by atoms with van der Waals surface area (Å²) in [5.41, 5.74) is 2.54. The third-order valence-corrected chi connectivity index (χ3v) is 4.13. The highest BCUT2D eigenvalue weighted by Gasteiger charge is 2.38. The Morgan fingerprint density at radius 1 is 1.22 bits per heavy atom. The molecule has 2 saturated heterocycles. The van der Waals surface area contributed by atoms with Gasteiger partial charge in [0.2, 0.25) is 0 Å². The minimum atomic E-state index is 0.766. The fourth-order valence-electron chi connectivity index (χ4n) is 3.16. The lowest BCUT2D eigenvalue weighted by Gasteiger charge is -2.39. The second kappa shape index (κ2) is 5.85. The highest BCUT2D eigenvalue weighted by Crippen LogP contribution is 2.30. The molecule has 0 aromatic heterocycles. The van der Waals surface area contributed by atoms with Crippen molar-refractivity contribution in [2.45, 2.75) is 38.8 Å². The summed E-state index contributed by atoms with van der Waals surface area (Å²) in [5.74, 6) is 0. The van der Waals surface area contributed by atoms with Crippen LogP contribution in [0.1, 0.15) is 26.7 Å². The van der Waals surface area contributed by atoms with Gasteiger partial charge in [0, 0.05) is 31.7 Å². The molecule has 100 valence electrons. The van der Waals surface area contributed by atoms with E-state index in [4.69, 9.17) is 0 Å². The van der Waals surface area contributed by atoms with Crippen LogP contribution in [0.4, 0.5) is 0 Å². The van der Waals surface area contributed by atoms with Gasteiger partial charge >= 0.3 is 0 Å². The van der Waals surface area contributed by atoms with Crippen molar-refractivity contribution in [2.75, 3.05) is 26.7 Å². The van der Waals surface area contributed by atoms with Crippen LogP contribution >= 0.6 is 0 Å². The fraction of sp³-hybridized carbons (Fsp3) is 0.625. The van der Waals surface area contributed by atoms with E-state index < -0.39 is 0 Å². The molecule has 2 unspecified atom stereocenters. The first kappa shape index (κ1) is 13.6. The van der Waals surface area contributed by atoms with Gasteiger partial charge in [-0.05, 0) is 39.3 Å². The Balaban J connectivity index is 1.99. The average molecular weight is 246 g/mol. The normalized spacial score (nSPS) is 30.3. The number of fused-ring (bicyclic) bond motifs is 2. The summed E-state index contributed by atoms with van der Waals surface area (Å²) in [7, 11) is 2.25. The molecule has 2 fully saturated rings. The maximum Gasteiger partial charge on any atom is 0.0237 e. The van der Waals surface area contributed by atoms with E-state index in [0.717, 1.165) is 24.2 Å². The molecule has 0 saturated carbocycles. The van der Waals surface area contributed by atoms with Crippen LogP contribution in [0.2, 0.25) is 0 Å². The van der Waals surface area contributed by atoms with Gasteiger partial charge < -0.3 is 4.90 Å². The number of hydrogen-bond acceptors (Lipinski definition) is 2. The zero-order chi connectivity index (χ0) is 13.1. The van der Waals surface area contributed by atoms with Crippen molar-refractivity contribution >= 4 is 0 Å². The van der Waals surface area contributed by atoms with Gasteiger partial charge in [0.25, 0.3) is 0 Å². The number of nitrogens with zero attached hydrogens (tertiary/aromatic N) is 2. The lowest BCUT2D eigenvalue weighted by atomic mass is 10.1. The topological polar surface area (TPSA) is 6.48 Å². The first-order valence-electron chi connectivity index (χ1n) is 7.03. The van der Waals surface area contributed by atoms with Crippen LogP contribution in [0.5, 0.6) is 0 Å². The maximum absolute atomic E-state index is 3.93. The lowest BCUT2D eigenvalue weighted by molar-refractivity contribution is 0.0920. The molecule has 0 aromatic rings. The first-order valence-corrected chi connectivity index (χ1v) is 7.03. The van der Waals surface area contributed by atoms with Gasteiger partial charge in [0.05, 0.1) is 0 Å². The van der Waals surface area contributed by atoms with Crippen molar-refractivity contribution in [3.05, 3.63) is 36.0 Å². The van der Waals surface area contributed by atoms with Crippen LogP contribution < -0.4 is 0 Å². The van der Waals surface area contributed by atoms with Gasteiger partial charge in [-0.1, -0.05) is 30.4 Å². The van der Waals surface area contributed by atoms with Crippen molar-refractivity contribution in [3.8, 4) is 0 Å². The molecule has 0 radical (unpaired) electrons. The first-order chi connectivity index (χ1) is 8.60. The predicted molar refractivity (Wildman–Crippen MR) is 78.7 cm³/mol. The molecule has 2 heteroatoms. The molecular weight excluding hydrogens is 220 g/mol. The molecule has 0 amide bonds. The van der Waals surface area contributed by atoms with Gasteiger partial charge in [0.1, 0.15) is 0 Å². The molecule has 2 heterocycles. The molecule has 2 aliphatic heterocycles. The molecule has 2 aliphatic rings. The van der Waals surface area contributed by atoms with E-state index in [2.05, 4.69) is 48.6 Å². The van der Waals surface area contributed by atoms with E-state index in [-0.39, 0.29) is 0 Å². The number of piperazine rings is 1. The number of allylic oxidation sites excluding steroid dienone is 3. The molecule has 0 aromatic carbocycles. The monoisotopic (exact) mass is 246 g/mol. The molecule has 2 rings (SSSR count). The molecule has 2 nitrogen and oxygen atoms in total. The molecule has 2 bridgehead atoms. The van der Waals surface area contributed by atoms with Crippen LogP contribution in [0.15, 0.2) is 36.0 Å². The summed E-state index contributed by atoms with van der Waals surface area (Å²) < 4.78 is 0. The fourth-order valence-corrected chi connectivity index (χ4v) is 3.16. The summed E-state index contributed by atoms with van der Waals surface area (Å²) in [6.07, 6.45) is 9.32. The molecule has 0 aliphatic carbocycles. The molecule has 2 atom stereocenters. The Hall–Kier alpha value is -0.860. The largest absolute Gasteiger partial charge is 0.303 e. The van der Waals surface area contributed by atoms with E-state index in [1.807, 2.05) is 6.92 Å². The highest BCUT2D eigenvalue weighted by atomic mass is 15.3. The van der Waals surface area contributed by atoms with Crippen molar-refractivity contribution in [2.24, 2.45) is 0 Å². The quantitative estimate of drug-likeness (QED) is 0.704. The van der Waals surface area contributed by atoms with Gasteiger partial charge in [0.15, 0.2) is 0 Å². The van der Waals surface area contributed by atoms with Crippen LogP contribution in [0.3, 0.4) is 0 Å². The summed E-state index contributed by atoms with van der Waals surface area (Å²) in [4.78, 5) is 5.19. The lowest BCUT2D eigenvalue weighted by Crippen LogP contribution is -2.52. The Morgan fingerprint density at radius 2 is 1.83 bits per heavy atom. The summed E-state index contributed by atoms with van der Waals surface area (Å²) in [5, 5.41) is 0. The van der Waals surface area contributed by atoms with Crippen molar-refractivity contribution in [1.29, 1.82) is 0 Å². The highest BCUT2D eigenvalue weighted by molar-refractivity contribution is 5.26. The third kappa shape index (κ3) is 3.12. The van der Waals surface area contributed by atoms with Gasteiger partial charge in [-0.2, -0.15) is 0 Å². The molecule has 0 N–H and O–H groups in total. The Bertz CT molecular complexity index is 353. The second-order valence-corrected chi connectivity index (χ2v) is 5.82. The van der Waals surface area contributed by atoms with E-state index in [1.165, 1.54) is 31.5 Å². The van der Waals surface area contributed by atoms with Crippen LogP contribution in [-0.2, 0) is 0 Å². The van der Waals surface area contributed by atoms with Crippen LogP contribution in [0, 0.1) is 0 Å². The standard InChI is InChI=1S/C16H26N2/c1-5-14(7-6-13(2)3)10-18-15-8-9-16(18)12-17(4)11-15/h5-7,15-16H,2,8-12H2,1,3-4H3/b7-6-,14-5?. The van der Waals surface area contributed by atoms with E-state index in [1.54, 1.807) is 0 Å². The zero-order valence-electron chi connectivity index (χ0n) is 12.0. The van der Waals surface area contributed by atoms with Crippen molar-refractivity contribution < 1.29 is 0 Å². The van der Waals surface area contributed by atoms with E-state index >= 15 is 0 Å². The van der Waals surface area contributed by atoms with Crippen LogP contribution in [-0.4, -0.2) is 48.6 Å². The number of rotatable bonds is 4. The SMILES string of the molecule is C=C(C)/C=C\C(=CC)CN1C2CCC1CN(C)C2. The van der Waals surface area contributed by atoms with Gasteiger partial charge in [-0.25, -0.2) is 0 Å². The van der Waals surface area contributed by atoms with Gasteiger partial charge in [-0.15, -0.1) is 0 Å². The minimum Gasteiger partial charge on any atom is -0.303 e. The number of hydrogen-bond donors (Lipinski definition) is 0. The summed E-state index contributed by atoms with van der Waals surface area (Å²) >= 11 is 0. The average Bonchev–Trinajstić information content (AvgIpc) is 2.56. The second-order valence-electron chi connectivity index (χ2n) is 5.82. The van der Waals surface area contributed by atoms with Gasteiger partial charge in [-0.3, -0.25) is 4.90 Å².